The topological polar surface area (TPSA) is 28.2 Å². The average molecular weight is 295 g/mol. The lowest BCUT2D eigenvalue weighted by Crippen LogP contribution is -2.23. The van der Waals surface area contributed by atoms with Crippen LogP contribution in [0.4, 0.5) is 5.13 Å². The average Bonchev–Trinajstić information content (AvgIpc) is 3.16. The summed E-state index contributed by atoms with van der Waals surface area (Å²) in [6.45, 7) is 11.0. The monoisotopic (exact) mass is 295 g/mol. The normalized spacial score (nSPS) is 16.7. The first-order valence-corrected chi connectivity index (χ1v) is 8.77. The Morgan fingerprint density at radius 2 is 2.05 bits per heavy atom. The van der Waals surface area contributed by atoms with E-state index >= 15 is 0 Å². The van der Waals surface area contributed by atoms with E-state index < -0.39 is 0 Å². The Hall–Kier alpha value is -0.610. The molecule has 1 aromatic heterocycles. The van der Waals surface area contributed by atoms with E-state index in [1.165, 1.54) is 35.0 Å². The summed E-state index contributed by atoms with van der Waals surface area (Å²) in [5.41, 5.74) is 1.37. The van der Waals surface area contributed by atoms with Crippen LogP contribution in [0.25, 0.3) is 0 Å². The molecule has 20 heavy (non-hydrogen) atoms. The number of hydrogen-bond donors (Lipinski definition) is 1. The van der Waals surface area contributed by atoms with Crippen LogP contribution in [0.15, 0.2) is 0 Å². The number of aromatic nitrogens is 1. The second-order valence-electron chi connectivity index (χ2n) is 6.51. The van der Waals surface area contributed by atoms with Crippen LogP contribution in [-0.4, -0.2) is 24.6 Å². The molecule has 1 saturated carbocycles. The summed E-state index contributed by atoms with van der Waals surface area (Å²) >= 11 is 1.88. The van der Waals surface area contributed by atoms with Crippen LogP contribution in [-0.2, 0) is 6.54 Å². The number of hydrogen-bond acceptors (Lipinski definition) is 4. The zero-order chi connectivity index (χ0) is 14.7. The minimum Gasteiger partial charge on any atom is -0.351 e. The van der Waals surface area contributed by atoms with Gasteiger partial charge in [-0.3, -0.25) is 0 Å². The summed E-state index contributed by atoms with van der Waals surface area (Å²) in [7, 11) is 2.18. The lowest BCUT2D eigenvalue weighted by Gasteiger charge is -2.19. The Kier molecular flexibility index (Phi) is 5.44. The van der Waals surface area contributed by atoms with Crippen molar-refractivity contribution in [3.63, 3.8) is 0 Å². The standard InChI is InChI=1S/C16H29N3S/c1-6-12(4)10-19(5)16-18-15(13-7-8-13)14(20-16)9-17-11(2)3/h11-13,17H,6-10H2,1-5H3. The lowest BCUT2D eigenvalue weighted by atomic mass is 10.1. The van der Waals surface area contributed by atoms with Gasteiger partial charge in [0.25, 0.3) is 0 Å². The van der Waals surface area contributed by atoms with Crippen LogP contribution in [0, 0.1) is 5.92 Å². The van der Waals surface area contributed by atoms with E-state index in [1.54, 1.807) is 0 Å². The molecule has 0 saturated heterocycles. The third kappa shape index (κ3) is 4.19. The maximum absolute atomic E-state index is 4.94. The third-order valence-corrected chi connectivity index (χ3v) is 5.15. The number of nitrogens with zero attached hydrogens (tertiary/aromatic N) is 2. The molecule has 1 aromatic rings. The highest BCUT2D eigenvalue weighted by atomic mass is 32.1. The second kappa shape index (κ2) is 6.90. The zero-order valence-corrected chi connectivity index (χ0v) is 14.4. The summed E-state index contributed by atoms with van der Waals surface area (Å²) < 4.78 is 0. The first-order chi connectivity index (χ1) is 9.51. The molecule has 0 spiro atoms. The molecule has 1 N–H and O–H groups in total. The van der Waals surface area contributed by atoms with Crippen LogP contribution in [0.3, 0.4) is 0 Å². The maximum Gasteiger partial charge on any atom is 0.185 e. The molecule has 0 amide bonds. The van der Waals surface area contributed by atoms with Crippen molar-refractivity contribution < 1.29 is 0 Å². The molecule has 3 nitrogen and oxygen atoms in total. The Morgan fingerprint density at radius 1 is 1.35 bits per heavy atom. The lowest BCUT2D eigenvalue weighted by molar-refractivity contribution is 0.559. The van der Waals surface area contributed by atoms with Gasteiger partial charge in [-0.1, -0.05) is 34.1 Å². The third-order valence-electron chi connectivity index (χ3n) is 3.96. The van der Waals surface area contributed by atoms with Crippen LogP contribution in [0.5, 0.6) is 0 Å². The molecule has 1 heterocycles. The van der Waals surface area contributed by atoms with Crippen molar-refractivity contribution in [2.75, 3.05) is 18.5 Å². The highest BCUT2D eigenvalue weighted by molar-refractivity contribution is 7.15. The molecule has 1 unspecified atom stereocenters. The van der Waals surface area contributed by atoms with Gasteiger partial charge in [-0.2, -0.15) is 0 Å². The molecule has 0 bridgehead atoms. The Labute approximate surface area is 127 Å². The van der Waals surface area contributed by atoms with Crippen molar-refractivity contribution in [3.8, 4) is 0 Å². The minimum absolute atomic E-state index is 0.533. The quantitative estimate of drug-likeness (QED) is 0.785. The molecule has 1 atom stereocenters. The van der Waals surface area contributed by atoms with Gasteiger partial charge in [-0.05, 0) is 18.8 Å². The van der Waals surface area contributed by atoms with E-state index in [1.807, 2.05) is 11.3 Å². The summed E-state index contributed by atoms with van der Waals surface area (Å²) in [6, 6.07) is 0.533. The molecular weight excluding hydrogens is 266 g/mol. The smallest absolute Gasteiger partial charge is 0.185 e. The van der Waals surface area contributed by atoms with Gasteiger partial charge in [0.15, 0.2) is 5.13 Å². The number of thiazole rings is 1. The minimum atomic E-state index is 0.533. The molecule has 114 valence electrons. The van der Waals surface area contributed by atoms with Crippen molar-refractivity contribution in [1.29, 1.82) is 0 Å². The van der Waals surface area contributed by atoms with Crippen molar-refractivity contribution in [2.24, 2.45) is 5.92 Å². The predicted octanol–water partition coefficient (Wildman–Crippen LogP) is 4.00. The zero-order valence-electron chi connectivity index (χ0n) is 13.6. The van der Waals surface area contributed by atoms with Crippen LogP contribution in [0.1, 0.15) is 63.4 Å². The number of anilines is 1. The van der Waals surface area contributed by atoms with Crippen LogP contribution < -0.4 is 10.2 Å². The van der Waals surface area contributed by atoms with E-state index in [4.69, 9.17) is 4.98 Å². The van der Waals surface area contributed by atoms with Gasteiger partial charge in [0.05, 0.1) is 5.69 Å². The molecule has 4 heteroatoms. The van der Waals surface area contributed by atoms with E-state index in [2.05, 4.69) is 45.0 Å². The van der Waals surface area contributed by atoms with Gasteiger partial charge in [0.1, 0.15) is 0 Å². The van der Waals surface area contributed by atoms with Crippen molar-refractivity contribution in [1.82, 2.24) is 10.3 Å². The molecule has 0 radical (unpaired) electrons. The van der Waals surface area contributed by atoms with Crippen molar-refractivity contribution in [2.45, 2.75) is 65.5 Å². The fourth-order valence-electron chi connectivity index (χ4n) is 2.29. The van der Waals surface area contributed by atoms with Gasteiger partial charge in [-0.25, -0.2) is 4.98 Å². The van der Waals surface area contributed by atoms with Gasteiger partial charge >= 0.3 is 0 Å². The number of rotatable bonds is 8. The molecule has 2 rings (SSSR count). The second-order valence-corrected chi connectivity index (χ2v) is 7.57. The van der Waals surface area contributed by atoms with Crippen LogP contribution >= 0.6 is 11.3 Å². The molecule has 0 aliphatic heterocycles. The van der Waals surface area contributed by atoms with Gasteiger partial charge in [0.2, 0.25) is 0 Å². The van der Waals surface area contributed by atoms with E-state index in [-0.39, 0.29) is 0 Å². The molecule has 1 aliphatic carbocycles. The van der Waals surface area contributed by atoms with E-state index in [0.717, 1.165) is 24.9 Å². The van der Waals surface area contributed by atoms with Crippen molar-refractivity contribution >= 4 is 16.5 Å². The fraction of sp³-hybridized carbons (Fsp3) is 0.812. The fourth-order valence-corrected chi connectivity index (χ4v) is 3.35. The largest absolute Gasteiger partial charge is 0.351 e. The van der Waals surface area contributed by atoms with Gasteiger partial charge < -0.3 is 10.2 Å². The first kappa shape index (κ1) is 15.8. The summed E-state index contributed by atoms with van der Waals surface area (Å²) in [4.78, 5) is 8.73. The molecule has 1 fully saturated rings. The predicted molar refractivity (Wildman–Crippen MR) is 88.8 cm³/mol. The maximum atomic E-state index is 4.94. The first-order valence-electron chi connectivity index (χ1n) is 7.95. The van der Waals surface area contributed by atoms with E-state index in [9.17, 15) is 0 Å². The molecule has 1 aliphatic rings. The van der Waals surface area contributed by atoms with Gasteiger partial charge in [0, 0.05) is 37.0 Å². The summed E-state index contributed by atoms with van der Waals surface area (Å²) in [5.74, 6) is 1.46. The van der Waals surface area contributed by atoms with Crippen LogP contribution in [0.2, 0.25) is 0 Å². The van der Waals surface area contributed by atoms with E-state index in [0.29, 0.717) is 6.04 Å². The Balaban J connectivity index is 2.07. The summed E-state index contributed by atoms with van der Waals surface area (Å²) in [6.07, 6.45) is 3.88. The number of nitrogens with one attached hydrogen (secondary N) is 1. The highest BCUT2D eigenvalue weighted by Gasteiger charge is 2.30. The van der Waals surface area contributed by atoms with Gasteiger partial charge in [-0.15, -0.1) is 11.3 Å². The van der Waals surface area contributed by atoms with Crippen molar-refractivity contribution in [3.05, 3.63) is 10.6 Å². The summed E-state index contributed by atoms with van der Waals surface area (Å²) in [5, 5.41) is 4.74. The molecular formula is C16H29N3S. The molecule has 0 aromatic carbocycles. The highest BCUT2D eigenvalue weighted by Crippen LogP contribution is 2.44. The Morgan fingerprint density at radius 3 is 2.60 bits per heavy atom. The Bertz CT molecular complexity index is 423. The SMILES string of the molecule is CCC(C)CN(C)c1nc(C2CC2)c(CNC(C)C)s1.